The molecular formula is C14H8BrFN2O. The van der Waals surface area contributed by atoms with E-state index in [4.69, 9.17) is 0 Å². The molecule has 19 heavy (non-hydrogen) atoms. The van der Waals surface area contributed by atoms with Crippen LogP contribution in [-0.2, 0) is 0 Å². The summed E-state index contributed by atoms with van der Waals surface area (Å²) in [5.74, 6) is 0.211. The highest BCUT2D eigenvalue weighted by molar-refractivity contribution is 9.10. The van der Waals surface area contributed by atoms with Gasteiger partial charge in [-0.3, -0.25) is 9.20 Å². The van der Waals surface area contributed by atoms with E-state index in [1.54, 1.807) is 28.8 Å². The Bertz CT molecular complexity index is 782. The molecule has 3 nitrogen and oxygen atoms in total. The average Bonchev–Trinajstić information content (AvgIpc) is 2.76. The second-order valence-electron chi connectivity index (χ2n) is 4.05. The van der Waals surface area contributed by atoms with E-state index in [-0.39, 0.29) is 5.82 Å². The maximum atomic E-state index is 13.3. The van der Waals surface area contributed by atoms with E-state index in [0.29, 0.717) is 28.9 Å². The molecule has 0 saturated heterocycles. The van der Waals surface area contributed by atoms with E-state index in [2.05, 4.69) is 20.9 Å². The van der Waals surface area contributed by atoms with Gasteiger partial charge in [-0.2, -0.15) is 0 Å². The van der Waals surface area contributed by atoms with Crippen LogP contribution >= 0.6 is 15.9 Å². The number of pyridine rings is 1. The van der Waals surface area contributed by atoms with E-state index < -0.39 is 0 Å². The largest absolute Gasteiger partial charge is 0.299 e. The van der Waals surface area contributed by atoms with E-state index in [1.165, 1.54) is 12.1 Å². The molecule has 2 aromatic heterocycles. The van der Waals surface area contributed by atoms with Gasteiger partial charge in [-0.1, -0.05) is 28.1 Å². The molecule has 0 amide bonds. The minimum atomic E-state index is -0.334. The Balaban J connectivity index is 2.33. The summed E-state index contributed by atoms with van der Waals surface area (Å²) in [7, 11) is 0. The lowest BCUT2D eigenvalue weighted by Gasteiger charge is -2.01. The molecule has 3 rings (SSSR count). The van der Waals surface area contributed by atoms with Crippen molar-refractivity contribution < 1.29 is 9.18 Å². The lowest BCUT2D eigenvalue weighted by Crippen LogP contribution is -1.89. The van der Waals surface area contributed by atoms with Crippen molar-refractivity contribution in [3.05, 3.63) is 58.6 Å². The summed E-state index contributed by atoms with van der Waals surface area (Å²) in [5, 5.41) is 0. The molecule has 94 valence electrons. The predicted octanol–water partition coefficient (Wildman–Crippen LogP) is 3.72. The summed E-state index contributed by atoms with van der Waals surface area (Å²) in [6.07, 6.45) is 2.49. The average molecular weight is 319 g/mol. The first-order valence-electron chi connectivity index (χ1n) is 5.58. The minimum absolute atomic E-state index is 0.334. The molecule has 0 aliphatic rings. The molecule has 0 atom stereocenters. The lowest BCUT2D eigenvalue weighted by atomic mass is 10.2. The summed E-state index contributed by atoms with van der Waals surface area (Å²) in [6, 6.07) is 9.78. The minimum Gasteiger partial charge on any atom is -0.299 e. The SMILES string of the molecule is O=Cc1nc(-c2cccc(F)c2)n2ccc(Br)cc12. The first-order valence-corrected chi connectivity index (χ1v) is 6.37. The van der Waals surface area contributed by atoms with Crippen molar-refractivity contribution in [2.24, 2.45) is 0 Å². The fourth-order valence-electron chi connectivity index (χ4n) is 2.00. The predicted molar refractivity (Wildman–Crippen MR) is 73.7 cm³/mol. The van der Waals surface area contributed by atoms with Crippen LogP contribution < -0.4 is 0 Å². The van der Waals surface area contributed by atoms with Gasteiger partial charge in [-0.05, 0) is 24.3 Å². The van der Waals surface area contributed by atoms with Gasteiger partial charge in [0.05, 0.1) is 5.52 Å². The van der Waals surface area contributed by atoms with Crippen molar-refractivity contribution in [1.29, 1.82) is 0 Å². The van der Waals surface area contributed by atoms with E-state index >= 15 is 0 Å². The molecule has 1 aromatic carbocycles. The molecule has 0 aliphatic carbocycles. The van der Waals surface area contributed by atoms with Crippen molar-refractivity contribution >= 4 is 27.7 Å². The third-order valence-electron chi connectivity index (χ3n) is 2.83. The van der Waals surface area contributed by atoms with Crippen LogP contribution in [0.1, 0.15) is 10.5 Å². The molecule has 0 radical (unpaired) electrons. The first kappa shape index (κ1) is 12.0. The Kier molecular flexibility index (Phi) is 2.91. The highest BCUT2D eigenvalue weighted by Gasteiger charge is 2.12. The zero-order valence-corrected chi connectivity index (χ0v) is 11.3. The molecule has 2 heterocycles. The lowest BCUT2D eigenvalue weighted by molar-refractivity contribution is 0.112. The molecule has 0 bridgehead atoms. The number of hydrogen-bond donors (Lipinski definition) is 0. The van der Waals surface area contributed by atoms with Gasteiger partial charge < -0.3 is 0 Å². The van der Waals surface area contributed by atoms with Gasteiger partial charge in [0, 0.05) is 16.2 Å². The topological polar surface area (TPSA) is 34.4 Å². The van der Waals surface area contributed by atoms with Gasteiger partial charge >= 0.3 is 0 Å². The van der Waals surface area contributed by atoms with Crippen LogP contribution in [0.2, 0.25) is 0 Å². The number of imidazole rings is 1. The monoisotopic (exact) mass is 318 g/mol. The quantitative estimate of drug-likeness (QED) is 0.675. The summed E-state index contributed by atoms with van der Waals surface area (Å²) < 4.78 is 15.9. The molecule has 0 unspecified atom stereocenters. The molecule has 0 aliphatic heterocycles. The van der Waals surface area contributed by atoms with Crippen LogP contribution in [0.4, 0.5) is 4.39 Å². The van der Waals surface area contributed by atoms with E-state index in [1.807, 2.05) is 6.07 Å². The maximum absolute atomic E-state index is 13.3. The van der Waals surface area contributed by atoms with Crippen LogP contribution in [0.25, 0.3) is 16.9 Å². The van der Waals surface area contributed by atoms with E-state index in [0.717, 1.165) is 4.47 Å². The number of benzene rings is 1. The van der Waals surface area contributed by atoms with E-state index in [9.17, 15) is 9.18 Å². The van der Waals surface area contributed by atoms with Crippen molar-refractivity contribution in [2.45, 2.75) is 0 Å². The summed E-state index contributed by atoms with van der Waals surface area (Å²) >= 11 is 3.36. The highest BCUT2D eigenvalue weighted by atomic mass is 79.9. The summed E-state index contributed by atoms with van der Waals surface area (Å²) in [5.41, 5.74) is 1.65. The van der Waals surface area contributed by atoms with Crippen molar-refractivity contribution in [1.82, 2.24) is 9.38 Å². The Hall–Kier alpha value is -2.01. The first-order chi connectivity index (χ1) is 9.19. The van der Waals surface area contributed by atoms with Gasteiger partial charge in [-0.25, -0.2) is 9.37 Å². The normalized spacial score (nSPS) is 10.8. The third-order valence-corrected chi connectivity index (χ3v) is 3.32. The number of halogens is 2. The number of aromatic nitrogens is 2. The summed E-state index contributed by atoms with van der Waals surface area (Å²) in [6.45, 7) is 0. The second kappa shape index (κ2) is 4.59. The molecule has 5 heteroatoms. The standard InChI is InChI=1S/C14H8BrFN2O/c15-10-4-5-18-13(7-10)12(8-19)17-14(18)9-2-1-3-11(16)6-9/h1-8H. The Morgan fingerprint density at radius 3 is 2.84 bits per heavy atom. The maximum Gasteiger partial charge on any atom is 0.170 e. The molecule has 0 fully saturated rings. The van der Waals surface area contributed by atoms with Crippen molar-refractivity contribution in [2.75, 3.05) is 0 Å². The van der Waals surface area contributed by atoms with Crippen LogP contribution in [-0.4, -0.2) is 15.7 Å². The Labute approximate surface area is 116 Å². The van der Waals surface area contributed by atoms with Crippen LogP contribution in [0.15, 0.2) is 47.1 Å². The Morgan fingerprint density at radius 1 is 1.26 bits per heavy atom. The van der Waals surface area contributed by atoms with Gasteiger partial charge in [0.25, 0.3) is 0 Å². The van der Waals surface area contributed by atoms with Crippen LogP contribution in [0, 0.1) is 5.82 Å². The fraction of sp³-hybridized carbons (Fsp3) is 0. The third kappa shape index (κ3) is 2.06. The number of carbonyl (C=O) groups is 1. The van der Waals surface area contributed by atoms with Crippen molar-refractivity contribution in [3.8, 4) is 11.4 Å². The van der Waals surface area contributed by atoms with Gasteiger partial charge in [-0.15, -0.1) is 0 Å². The number of nitrogens with zero attached hydrogens (tertiary/aromatic N) is 2. The molecule has 0 saturated carbocycles. The smallest absolute Gasteiger partial charge is 0.170 e. The van der Waals surface area contributed by atoms with Crippen molar-refractivity contribution in [3.63, 3.8) is 0 Å². The Morgan fingerprint density at radius 2 is 2.11 bits per heavy atom. The number of rotatable bonds is 2. The fourth-order valence-corrected chi connectivity index (χ4v) is 2.33. The van der Waals surface area contributed by atoms with Crippen LogP contribution in [0.3, 0.4) is 0 Å². The van der Waals surface area contributed by atoms with Gasteiger partial charge in [0.15, 0.2) is 6.29 Å². The summed E-state index contributed by atoms with van der Waals surface area (Å²) in [4.78, 5) is 15.3. The highest BCUT2D eigenvalue weighted by Crippen LogP contribution is 2.24. The van der Waals surface area contributed by atoms with Gasteiger partial charge in [0.2, 0.25) is 0 Å². The zero-order chi connectivity index (χ0) is 13.4. The second-order valence-corrected chi connectivity index (χ2v) is 4.96. The number of aldehydes is 1. The molecule has 3 aromatic rings. The number of hydrogen-bond acceptors (Lipinski definition) is 2. The number of fused-ring (bicyclic) bond motifs is 1. The van der Waals surface area contributed by atoms with Crippen LogP contribution in [0.5, 0.6) is 0 Å². The molecule has 0 spiro atoms. The molecular weight excluding hydrogens is 311 g/mol. The number of carbonyl (C=O) groups excluding carboxylic acids is 1. The van der Waals surface area contributed by atoms with Gasteiger partial charge in [0.1, 0.15) is 17.3 Å². The zero-order valence-electron chi connectivity index (χ0n) is 9.68. The molecule has 0 N–H and O–H groups in total.